The highest BCUT2D eigenvalue weighted by molar-refractivity contribution is 5.95. The molecule has 2 heteroatoms. The lowest BCUT2D eigenvalue weighted by Crippen LogP contribution is -2.55. The van der Waals surface area contributed by atoms with Crippen molar-refractivity contribution in [1.82, 2.24) is 0 Å². The molecule has 3 rings (SSSR count). The molecule has 1 heterocycles. The van der Waals surface area contributed by atoms with Gasteiger partial charge in [-0.15, -0.1) is 0 Å². The van der Waals surface area contributed by atoms with Gasteiger partial charge in [-0.05, 0) is 43.2 Å². The van der Waals surface area contributed by atoms with E-state index in [0.29, 0.717) is 5.92 Å². The van der Waals surface area contributed by atoms with E-state index in [1.807, 2.05) is 0 Å². The zero-order valence-corrected chi connectivity index (χ0v) is 14.3. The van der Waals surface area contributed by atoms with Crippen molar-refractivity contribution in [3.8, 4) is 0 Å². The van der Waals surface area contributed by atoms with Crippen LogP contribution in [0.3, 0.4) is 0 Å². The van der Waals surface area contributed by atoms with E-state index < -0.39 is 0 Å². The van der Waals surface area contributed by atoms with Gasteiger partial charge in [0.25, 0.3) is 0 Å². The summed E-state index contributed by atoms with van der Waals surface area (Å²) in [4.78, 5) is 14.8. The molecule has 1 spiro atoms. The van der Waals surface area contributed by atoms with Crippen molar-refractivity contribution in [1.29, 1.82) is 0 Å². The first kappa shape index (κ1) is 15.6. The molecule has 1 aliphatic heterocycles. The number of hydrogen-bond donors (Lipinski definition) is 0. The summed E-state index contributed by atoms with van der Waals surface area (Å²) in [6, 6.07) is 6.52. The summed E-state index contributed by atoms with van der Waals surface area (Å²) < 4.78 is 0. The lowest BCUT2D eigenvalue weighted by atomic mass is 9.71. The summed E-state index contributed by atoms with van der Waals surface area (Å²) in [5.74, 6) is 0.771. The Balaban J connectivity index is 2.11. The van der Waals surface area contributed by atoms with E-state index in [1.54, 1.807) is 6.92 Å². The third-order valence-electron chi connectivity index (χ3n) is 5.78. The second kappa shape index (κ2) is 6.06. The molecule has 1 fully saturated rings. The average Bonchev–Trinajstić information content (AvgIpc) is 2.44. The number of carbonyl (C=O) groups excluding carboxylic acids is 1. The fourth-order valence-electron chi connectivity index (χ4n) is 4.88. The van der Waals surface area contributed by atoms with E-state index in [4.69, 9.17) is 0 Å². The summed E-state index contributed by atoms with van der Waals surface area (Å²) in [5, 5.41) is 0. The van der Waals surface area contributed by atoms with Crippen LogP contribution >= 0.6 is 0 Å². The largest absolute Gasteiger partial charge is 0.306 e. The molecule has 0 radical (unpaired) electrons. The quantitative estimate of drug-likeness (QED) is 0.633. The minimum Gasteiger partial charge on any atom is -0.306 e. The van der Waals surface area contributed by atoms with Crippen LogP contribution in [0.5, 0.6) is 0 Å². The van der Waals surface area contributed by atoms with Crippen LogP contribution < -0.4 is 4.90 Å². The molecule has 22 heavy (non-hydrogen) atoms. The first-order valence-corrected chi connectivity index (χ1v) is 8.95. The van der Waals surface area contributed by atoms with Gasteiger partial charge < -0.3 is 4.90 Å². The molecule has 0 saturated heterocycles. The Bertz CT molecular complexity index is 555. The smallest absolute Gasteiger partial charge is 0.224 e. The van der Waals surface area contributed by atoms with Gasteiger partial charge in [-0.3, -0.25) is 4.79 Å². The molecule has 1 atom stereocenters. The minimum atomic E-state index is 0.0603. The first-order chi connectivity index (χ1) is 10.6. The van der Waals surface area contributed by atoms with Crippen LogP contribution in [-0.2, 0) is 4.79 Å². The molecular weight excluding hydrogens is 270 g/mol. The lowest BCUT2D eigenvalue weighted by molar-refractivity contribution is -0.118. The van der Waals surface area contributed by atoms with Crippen LogP contribution in [0, 0.1) is 6.92 Å². The van der Waals surface area contributed by atoms with Gasteiger partial charge in [0.05, 0.1) is 5.69 Å². The highest BCUT2D eigenvalue weighted by atomic mass is 16.2. The van der Waals surface area contributed by atoms with Crippen molar-refractivity contribution in [2.45, 2.75) is 83.6 Å². The van der Waals surface area contributed by atoms with Crippen LogP contribution in [-0.4, -0.2) is 11.4 Å². The van der Waals surface area contributed by atoms with E-state index in [2.05, 4.69) is 36.9 Å². The summed E-state index contributed by atoms with van der Waals surface area (Å²) in [6.45, 7) is 6.26. The number of aryl methyl sites for hydroxylation is 1. The normalized spacial score (nSPS) is 24.5. The first-order valence-electron chi connectivity index (χ1n) is 8.95. The van der Waals surface area contributed by atoms with Gasteiger partial charge in [-0.2, -0.15) is 0 Å². The molecule has 1 amide bonds. The zero-order chi connectivity index (χ0) is 15.7. The number of benzene rings is 1. The van der Waals surface area contributed by atoms with Crippen LogP contribution in [0.4, 0.5) is 5.69 Å². The minimum absolute atomic E-state index is 0.0603. The molecule has 1 aliphatic carbocycles. The summed E-state index contributed by atoms with van der Waals surface area (Å²) >= 11 is 0. The Labute approximate surface area is 134 Å². The highest BCUT2D eigenvalue weighted by Crippen LogP contribution is 2.49. The number of rotatable bonds is 0. The number of anilines is 1. The van der Waals surface area contributed by atoms with E-state index in [0.717, 1.165) is 6.42 Å². The van der Waals surface area contributed by atoms with Crippen LogP contribution in [0.2, 0.25) is 0 Å². The van der Waals surface area contributed by atoms with Gasteiger partial charge in [0, 0.05) is 12.5 Å². The van der Waals surface area contributed by atoms with Crippen molar-refractivity contribution in [3.63, 3.8) is 0 Å². The number of hydrogen-bond acceptors (Lipinski definition) is 1. The third kappa shape index (κ3) is 2.57. The maximum absolute atomic E-state index is 12.6. The Morgan fingerprint density at radius 2 is 1.77 bits per heavy atom. The second-order valence-electron chi connectivity index (χ2n) is 7.46. The van der Waals surface area contributed by atoms with Crippen molar-refractivity contribution >= 4 is 11.6 Å². The predicted octanol–water partition coefficient (Wildman–Crippen LogP) is 5.34. The van der Waals surface area contributed by atoms with Crippen LogP contribution in [0.1, 0.15) is 82.3 Å². The summed E-state index contributed by atoms with van der Waals surface area (Å²) in [7, 11) is 0. The SMILES string of the molecule is CC(=O)N1c2c(C)cccc2C(C)CC12CCCCCCC2. The highest BCUT2D eigenvalue weighted by Gasteiger charge is 2.45. The van der Waals surface area contributed by atoms with Crippen LogP contribution in [0.25, 0.3) is 0 Å². The molecule has 120 valence electrons. The van der Waals surface area contributed by atoms with Crippen LogP contribution in [0.15, 0.2) is 18.2 Å². The van der Waals surface area contributed by atoms with E-state index in [-0.39, 0.29) is 11.4 Å². The van der Waals surface area contributed by atoms with Gasteiger partial charge in [-0.25, -0.2) is 0 Å². The third-order valence-corrected chi connectivity index (χ3v) is 5.78. The number of para-hydroxylation sites is 1. The van der Waals surface area contributed by atoms with Gasteiger partial charge >= 0.3 is 0 Å². The van der Waals surface area contributed by atoms with Crippen molar-refractivity contribution < 1.29 is 4.79 Å². The number of nitrogens with zero attached hydrogens (tertiary/aromatic N) is 1. The van der Waals surface area contributed by atoms with Gasteiger partial charge in [-0.1, -0.05) is 57.2 Å². The van der Waals surface area contributed by atoms with Crippen molar-refractivity contribution in [2.75, 3.05) is 4.90 Å². The lowest BCUT2D eigenvalue weighted by Gasteiger charge is -2.51. The molecule has 1 aromatic carbocycles. The standard InChI is InChI=1S/C20H29NO/c1-15-10-9-11-18-16(2)14-20(21(17(3)22)19(15)18)12-7-5-4-6-8-13-20/h9-11,16H,4-8,12-14H2,1-3H3. The van der Waals surface area contributed by atoms with Gasteiger partial charge in [0.2, 0.25) is 5.91 Å². The Morgan fingerprint density at radius 3 is 2.41 bits per heavy atom. The van der Waals surface area contributed by atoms with Crippen molar-refractivity contribution in [2.24, 2.45) is 0 Å². The maximum Gasteiger partial charge on any atom is 0.224 e. The fraction of sp³-hybridized carbons (Fsp3) is 0.650. The number of carbonyl (C=O) groups is 1. The topological polar surface area (TPSA) is 20.3 Å². The Hall–Kier alpha value is -1.31. The Morgan fingerprint density at radius 1 is 1.14 bits per heavy atom. The summed E-state index contributed by atoms with van der Waals surface area (Å²) in [6.07, 6.45) is 10.0. The molecule has 0 N–H and O–H groups in total. The Kier molecular flexibility index (Phi) is 4.29. The van der Waals surface area contributed by atoms with E-state index in [1.165, 1.54) is 61.8 Å². The number of amides is 1. The fourth-order valence-corrected chi connectivity index (χ4v) is 4.88. The summed E-state index contributed by atoms with van der Waals surface area (Å²) in [5.41, 5.74) is 3.89. The monoisotopic (exact) mass is 299 g/mol. The van der Waals surface area contributed by atoms with E-state index >= 15 is 0 Å². The predicted molar refractivity (Wildman–Crippen MR) is 92.4 cm³/mol. The molecule has 2 nitrogen and oxygen atoms in total. The molecule has 1 aromatic rings. The van der Waals surface area contributed by atoms with Crippen molar-refractivity contribution in [3.05, 3.63) is 29.3 Å². The second-order valence-corrected chi connectivity index (χ2v) is 7.46. The van der Waals surface area contributed by atoms with Gasteiger partial charge in [0.15, 0.2) is 0 Å². The molecule has 2 aliphatic rings. The average molecular weight is 299 g/mol. The molecule has 0 aromatic heterocycles. The zero-order valence-electron chi connectivity index (χ0n) is 14.3. The van der Waals surface area contributed by atoms with Gasteiger partial charge in [0.1, 0.15) is 0 Å². The molecule has 1 saturated carbocycles. The van der Waals surface area contributed by atoms with E-state index in [9.17, 15) is 4.79 Å². The molecule has 0 bridgehead atoms. The molecular formula is C20H29NO. The maximum atomic E-state index is 12.6. The number of fused-ring (bicyclic) bond motifs is 1. The molecule has 1 unspecified atom stereocenters.